The topological polar surface area (TPSA) is 72.5 Å². The molecule has 5 nitrogen and oxygen atoms in total. The molecule has 1 aromatic rings. The average Bonchev–Trinajstić information content (AvgIpc) is 2.33. The maximum atomic E-state index is 11.8. The molecule has 0 fully saturated rings. The minimum absolute atomic E-state index is 0.160. The van der Waals surface area contributed by atoms with Gasteiger partial charge in [0.25, 0.3) is 0 Å². The van der Waals surface area contributed by atoms with E-state index in [4.69, 9.17) is 0 Å². The number of rotatable bonds is 6. The highest BCUT2D eigenvalue weighted by Crippen LogP contribution is 2.26. The van der Waals surface area contributed by atoms with Gasteiger partial charge in [0.1, 0.15) is 0 Å². The van der Waals surface area contributed by atoms with Crippen LogP contribution in [0.15, 0.2) is 22.7 Å². The first-order valence-corrected chi connectivity index (χ1v) is 8.21. The lowest BCUT2D eigenvalue weighted by atomic mass is 10.2. The van der Waals surface area contributed by atoms with E-state index in [-0.39, 0.29) is 18.8 Å². The highest BCUT2D eigenvalue weighted by Gasteiger charge is 2.15. The van der Waals surface area contributed by atoms with Gasteiger partial charge in [-0.2, -0.15) is 0 Å². The molecule has 106 valence electrons. The van der Waals surface area contributed by atoms with Gasteiger partial charge in [-0.05, 0) is 41.4 Å². The van der Waals surface area contributed by atoms with E-state index in [0.717, 1.165) is 5.56 Å². The Kier molecular flexibility index (Phi) is 5.81. The largest absolute Gasteiger partial charge is 0.466 e. The van der Waals surface area contributed by atoms with Crippen LogP contribution in [0.3, 0.4) is 0 Å². The molecule has 0 heterocycles. The minimum Gasteiger partial charge on any atom is -0.466 e. The fourth-order valence-electron chi connectivity index (χ4n) is 1.40. The predicted molar refractivity (Wildman–Crippen MR) is 77.5 cm³/mol. The molecule has 1 aromatic carbocycles. The monoisotopic (exact) mass is 349 g/mol. The van der Waals surface area contributed by atoms with Crippen molar-refractivity contribution in [3.05, 3.63) is 28.2 Å². The molecule has 0 unspecified atom stereocenters. The third-order valence-corrected chi connectivity index (χ3v) is 4.66. The summed E-state index contributed by atoms with van der Waals surface area (Å²) in [7, 11) is -3.57. The number of aryl methyl sites for hydroxylation is 1. The molecule has 0 aliphatic heterocycles. The van der Waals surface area contributed by atoms with Gasteiger partial charge in [-0.1, -0.05) is 12.1 Å². The number of hydrogen-bond donors (Lipinski definition) is 1. The molecule has 19 heavy (non-hydrogen) atoms. The smallest absolute Gasteiger partial charge is 0.306 e. The summed E-state index contributed by atoms with van der Waals surface area (Å²) in [6.07, 6.45) is -0.160. The predicted octanol–water partition coefficient (Wildman–Crippen LogP) is 2.45. The molecule has 0 spiro atoms. The van der Waals surface area contributed by atoms with Gasteiger partial charge in [0.2, 0.25) is 10.0 Å². The lowest BCUT2D eigenvalue weighted by Crippen LogP contribution is -2.20. The van der Waals surface area contributed by atoms with E-state index in [2.05, 4.69) is 25.4 Å². The number of ether oxygens (including phenoxy) is 1. The first kappa shape index (κ1) is 16.0. The van der Waals surface area contributed by atoms with Gasteiger partial charge in [0, 0.05) is 4.47 Å². The summed E-state index contributed by atoms with van der Waals surface area (Å²) in [5.74, 6) is -0.817. The third-order valence-electron chi connectivity index (χ3n) is 2.34. The average molecular weight is 350 g/mol. The van der Waals surface area contributed by atoms with Gasteiger partial charge in [0.15, 0.2) is 0 Å². The molecular formula is C12H16BrNO4S. The summed E-state index contributed by atoms with van der Waals surface area (Å²) in [6.45, 7) is 3.78. The van der Waals surface area contributed by atoms with Crippen molar-refractivity contribution in [2.45, 2.75) is 20.3 Å². The van der Waals surface area contributed by atoms with Crippen molar-refractivity contribution in [1.29, 1.82) is 0 Å². The second-order valence-corrected chi connectivity index (χ2v) is 6.55. The SMILES string of the molecule is CCOC(=O)CCS(=O)(=O)Nc1cccc(C)c1Br. The van der Waals surface area contributed by atoms with Crippen LogP contribution >= 0.6 is 15.9 Å². The van der Waals surface area contributed by atoms with E-state index < -0.39 is 16.0 Å². The van der Waals surface area contributed by atoms with Crippen LogP contribution in [-0.4, -0.2) is 26.7 Å². The molecule has 0 saturated heterocycles. The van der Waals surface area contributed by atoms with Crippen LogP contribution in [0, 0.1) is 6.92 Å². The van der Waals surface area contributed by atoms with E-state index in [1.54, 1.807) is 19.1 Å². The van der Waals surface area contributed by atoms with Gasteiger partial charge in [0.05, 0.1) is 24.5 Å². The van der Waals surface area contributed by atoms with Crippen molar-refractivity contribution < 1.29 is 17.9 Å². The van der Waals surface area contributed by atoms with Gasteiger partial charge >= 0.3 is 5.97 Å². The van der Waals surface area contributed by atoms with Crippen LogP contribution in [-0.2, 0) is 19.6 Å². The number of anilines is 1. The normalized spacial score (nSPS) is 11.1. The number of halogens is 1. The molecule has 0 amide bonds. The fraction of sp³-hybridized carbons (Fsp3) is 0.417. The quantitative estimate of drug-likeness (QED) is 0.800. The van der Waals surface area contributed by atoms with E-state index in [9.17, 15) is 13.2 Å². The lowest BCUT2D eigenvalue weighted by Gasteiger charge is -2.10. The molecule has 0 saturated carbocycles. The summed E-state index contributed by atoms with van der Waals surface area (Å²) < 4.78 is 31.5. The van der Waals surface area contributed by atoms with Gasteiger partial charge in [-0.25, -0.2) is 8.42 Å². The van der Waals surface area contributed by atoms with Crippen molar-refractivity contribution in [2.24, 2.45) is 0 Å². The fourth-order valence-corrected chi connectivity index (χ4v) is 2.93. The van der Waals surface area contributed by atoms with Gasteiger partial charge in [-0.3, -0.25) is 9.52 Å². The Bertz CT molecular complexity index is 557. The number of esters is 1. The molecular weight excluding hydrogens is 334 g/mol. The van der Waals surface area contributed by atoms with Crippen LogP contribution in [0.25, 0.3) is 0 Å². The standard InChI is InChI=1S/C12H16BrNO4S/c1-3-18-11(15)7-8-19(16,17)14-10-6-4-5-9(2)12(10)13/h4-6,14H,3,7-8H2,1-2H3. The first-order valence-electron chi connectivity index (χ1n) is 5.77. The Morgan fingerprint density at radius 2 is 2.11 bits per heavy atom. The maximum Gasteiger partial charge on any atom is 0.306 e. The molecule has 0 aliphatic rings. The second kappa shape index (κ2) is 6.91. The maximum absolute atomic E-state index is 11.8. The Morgan fingerprint density at radius 1 is 1.42 bits per heavy atom. The zero-order valence-corrected chi connectivity index (χ0v) is 13.2. The second-order valence-electron chi connectivity index (χ2n) is 3.91. The Labute approximate surface area is 121 Å². The third kappa shape index (κ3) is 5.20. The van der Waals surface area contributed by atoms with Gasteiger partial charge in [-0.15, -0.1) is 0 Å². The Balaban J connectivity index is 2.69. The molecule has 1 rings (SSSR count). The molecule has 0 radical (unpaired) electrons. The molecule has 0 bridgehead atoms. The zero-order chi connectivity index (χ0) is 14.5. The summed E-state index contributed by atoms with van der Waals surface area (Å²) in [4.78, 5) is 11.1. The molecule has 1 N–H and O–H groups in total. The minimum atomic E-state index is -3.57. The van der Waals surface area contributed by atoms with Crippen molar-refractivity contribution >= 4 is 37.6 Å². The number of sulfonamides is 1. The molecule has 0 aromatic heterocycles. The summed E-state index contributed by atoms with van der Waals surface area (Å²) in [5.41, 5.74) is 1.38. The lowest BCUT2D eigenvalue weighted by molar-refractivity contribution is -0.142. The molecule has 7 heteroatoms. The van der Waals surface area contributed by atoms with Crippen molar-refractivity contribution in [1.82, 2.24) is 0 Å². The van der Waals surface area contributed by atoms with Crippen molar-refractivity contribution in [3.8, 4) is 0 Å². The number of carbonyl (C=O) groups is 1. The van der Waals surface area contributed by atoms with Crippen LogP contribution in [0.4, 0.5) is 5.69 Å². The van der Waals surface area contributed by atoms with Gasteiger partial charge < -0.3 is 4.74 Å². The number of benzene rings is 1. The van der Waals surface area contributed by atoms with Crippen LogP contribution < -0.4 is 4.72 Å². The number of hydrogen-bond acceptors (Lipinski definition) is 4. The van der Waals surface area contributed by atoms with Crippen molar-refractivity contribution in [3.63, 3.8) is 0 Å². The van der Waals surface area contributed by atoms with E-state index in [1.165, 1.54) is 0 Å². The number of nitrogens with one attached hydrogen (secondary N) is 1. The van der Waals surface area contributed by atoms with E-state index in [0.29, 0.717) is 10.2 Å². The van der Waals surface area contributed by atoms with Crippen LogP contribution in [0.2, 0.25) is 0 Å². The summed E-state index contributed by atoms with van der Waals surface area (Å²) in [5, 5.41) is 0. The summed E-state index contributed by atoms with van der Waals surface area (Å²) in [6, 6.07) is 5.27. The van der Waals surface area contributed by atoms with Crippen LogP contribution in [0.5, 0.6) is 0 Å². The van der Waals surface area contributed by atoms with Crippen molar-refractivity contribution in [2.75, 3.05) is 17.1 Å². The Morgan fingerprint density at radius 3 is 2.74 bits per heavy atom. The highest BCUT2D eigenvalue weighted by molar-refractivity contribution is 9.10. The highest BCUT2D eigenvalue weighted by atomic mass is 79.9. The number of carbonyl (C=O) groups excluding carboxylic acids is 1. The molecule has 0 aliphatic carbocycles. The van der Waals surface area contributed by atoms with Crippen LogP contribution in [0.1, 0.15) is 18.9 Å². The van der Waals surface area contributed by atoms with E-state index in [1.807, 2.05) is 13.0 Å². The summed E-state index contributed by atoms with van der Waals surface area (Å²) >= 11 is 3.32. The Hall–Kier alpha value is -1.08. The zero-order valence-electron chi connectivity index (χ0n) is 10.8. The first-order chi connectivity index (χ1) is 8.85. The van der Waals surface area contributed by atoms with E-state index >= 15 is 0 Å². The molecule has 0 atom stereocenters.